The lowest BCUT2D eigenvalue weighted by molar-refractivity contribution is 0.759. The molecule has 1 aliphatic rings. The van der Waals surface area contributed by atoms with Crippen molar-refractivity contribution >= 4 is 16.5 Å². The van der Waals surface area contributed by atoms with E-state index in [0.29, 0.717) is 5.92 Å². The molecule has 1 nitrogen and oxygen atoms in total. The van der Waals surface area contributed by atoms with Crippen LogP contribution in [0.5, 0.6) is 0 Å². The Morgan fingerprint density at radius 2 is 1.88 bits per heavy atom. The summed E-state index contributed by atoms with van der Waals surface area (Å²) in [6, 6.07) is 15.2. The smallest absolute Gasteiger partial charge is 0.0389 e. The molecule has 2 aromatic carbocycles. The van der Waals surface area contributed by atoms with Crippen LogP contribution in [-0.4, -0.2) is 13.1 Å². The first-order valence-electron chi connectivity index (χ1n) is 6.15. The minimum atomic E-state index is 0.612. The van der Waals surface area contributed by atoms with Gasteiger partial charge >= 0.3 is 0 Å². The monoisotopic (exact) mass is 223 g/mol. The summed E-state index contributed by atoms with van der Waals surface area (Å²) in [6.07, 6.45) is 0. The SMILES string of the molecule is C=C1CN(c2ccc3ccccc3c2)C[C@@H]1C. The molecule has 0 amide bonds. The third kappa shape index (κ3) is 1.82. The number of anilines is 1. The third-order valence-corrected chi connectivity index (χ3v) is 3.68. The Balaban J connectivity index is 1.99. The molecule has 2 aromatic rings. The van der Waals surface area contributed by atoms with Gasteiger partial charge in [0.05, 0.1) is 0 Å². The van der Waals surface area contributed by atoms with Crippen LogP contribution in [-0.2, 0) is 0 Å². The van der Waals surface area contributed by atoms with Crippen molar-refractivity contribution in [1.29, 1.82) is 0 Å². The van der Waals surface area contributed by atoms with Gasteiger partial charge in [-0.15, -0.1) is 0 Å². The lowest BCUT2D eigenvalue weighted by Crippen LogP contribution is -2.18. The quantitative estimate of drug-likeness (QED) is 0.664. The molecule has 1 saturated heterocycles. The third-order valence-electron chi connectivity index (χ3n) is 3.68. The Labute approximate surface area is 102 Å². The maximum Gasteiger partial charge on any atom is 0.0389 e. The lowest BCUT2D eigenvalue weighted by Gasteiger charge is -2.18. The second-order valence-corrected chi connectivity index (χ2v) is 4.97. The summed E-state index contributed by atoms with van der Waals surface area (Å²) in [5.41, 5.74) is 2.66. The van der Waals surface area contributed by atoms with Gasteiger partial charge in [0.25, 0.3) is 0 Å². The van der Waals surface area contributed by atoms with Crippen LogP contribution in [0, 0.1) is 5.92 Å². The fraction of sp³-hybridized carbons (Fsp3) is 0.250. The van der Waals surface area contributed by atoms with E-state index in [0.717, 1.165) is 13.1 Å². The van der Waals surface area contributed by atoms with Crippen molar-refractivity contribution in [2.24, 2.45) is 5.92 Å². The highest BCUT2D eigenvalue weighted by atomic mass is 15.2. The number of nitrogens with zero attached hydrogens (tertiary/aromatic N) is 1. The van der Waals surface area contributed by atoms with Crippen LogP contribution in [0.4, 0.5) is 5.69 Å². The molecule has 1 heteroatoms. The van der Waals surface area contributed by atoms with E-state index in [-0.39, 0.29) is 0 Å². The minimum absolute atomic E-state index is 0.612. The van der Waals surface area contributed by atoms with Crippen molar-refractivity contribution in [3.05, 3.63) is 54.6 Å². The number of hydrogen-bond acceptors (Lipinski definition) is 1. The largest absolute Gasteiger partial charge is 0.367 e. The second kappa shape index (κ2) is 3.92. The van der Waals surface area contributed by atoms with Crippen molar-refractivity contribution in [2.45, 2.75) is 6.92 Å². The zero-order valence-electron chi connectivity index (χ0n) is 10.2. The molecule has 0 bridgehead atoms. The van der Waals surface area contributed by atoms with E-state index in [1.165, 1.54) is 22.0 Å². The van der Waals surface area contributed by atoms with Gasteiger partial charge in [-0.05, 0) is 28.8 Å². The van der Waals surface area contributed by atoms with Gasteiger partial charge in [-0.25, -0.2) is 0 Å². The molecule has 0 unspecified atom stereocenters. The molecular weight excluding hydrogens is 206 g/mol. The average Bonchev–Trinajstić information content (AvgIpc) is 2.69. The molecule has 0 spiro atoms. The van der Waals surface area contributed by atoms with Gasteiger partial charge in [0.2, 0.25) is 0 Å². The van der Waals surface area contributed by atoms with E-state index in [1.54, 1.807) is 0 Å². The van der Waals surface area contributed by atoms with Gasteiger partial charge in [0, 0.05) is 18.8 Å². The molecule has 1 heterocycles. The number of hydrogen-bond donors (Lipinski definition) is 0. The molecule has 3 rings (SSSR count). The van der Waals surface area contributed by atoms with Gasteiger partial charge < -0.3 is 4.90 Å². The van der Waals surface area contributed by atoms with Crippen LogP contribution in [0.2, 0.25) is 0 Å². The molecule has 0 aromatic heterocycles. The molecule has 0 aliphatic carbocycles. The van der Waals surface area contributed by atoms with E-state index in [1.807, 2.05) is 0 Å². The Hall–Kier alpha value is -1.76. The van der Waals surface area contributed by atoms with Crippen molar-refractivity contribution in [2.75, 3.05) is 18.0 Å². The molecule has 1 fully saturated rings. The summed E-state index contributed by atoms with van der Waals surface area (Å²) in [4.78, 5) is 2.42. The number of benzene rings is 2. The van der Waals surface area contributed by atoms with Gasteiger partial charge in [-0.1, -0.05) is 49.4 Å². The lowest BCUT2D eigenvalue weighted by atomic mass is 10.1. The molecule has 0 radical (unpaired) electrons. The van der Waals surface area contributed by atoms with Gasteiger partial charge in [0.1, 0.15) is 0 Å². The summed E-state index contributed by atoms with van der Waals surface area (Å²) in [6.45, 7) is 8.48. The first kappa shape index (κ1) is 10.4. The fourth-order valence-corrected chi connectivity index (χ4v) is 2.50. The second-order valence-electron chi connectivity index (χ2n) is 4.97. The normalized spacial score (nSPS) is 20.2. The van der Waals surface area contributed by atoms with Crippen molar-refractivity contribution in [1.82, 2.24) is 0 Å². The highest BCUT2D eigenvalue weighted by Crippen LogP contribution is 2.28. The van der Waals surface area contributed by atoms with Crippen LogP contribution in [0.15, 0.2) is 54.6 Å². The average molecular weight is 223 g/mol. The fourth-order valence-electron chi connectivity index (χ4n) is 2.50. The van der Waals surface area contributed by atoms with Crippen LogP contribution in [0.3, 0.4) is 0 Å². The van der Waals surface area contributed by atoms with Crippen molar-refractivity contribution < 1.29 is 0 Å². The van der Waals surface area contributed by atoms with E-state index in [4.69, 9.17) is 0 Å². The van der Waals surface area contributed by atoms with Crippen molar-refractivity contribution in [3.63, 3.8) is 0 Å². The maximum atomic E-state index is 4.13. The Bertz CT molecular complexity index is 571. The minimum Gasteiger partial charge on any atom is -0.367 e. The van der Waals surface area contributed by atoms with E-state index < -0.39 is 0 Å². The standard InChI is InChI=1S/C16H17N/c1-12-10-17(11-13(12)2)16-8-7-14-5-3-4-6-15(14)9-16/h3-9,13H,1,10-11H2,2H3/t13-/m0/s1. The van der Waals surface area contributed by atoms with Crippen LogP contribution in [0.25, 0.3) is 10.8 Å². The molecule has 86 valence electrons. The molecule has 1 aliphatic heterocycles. The predicted molar refractivity (Wildman–Crippen MR) is 74.5 cm³/mol. The summed E-state index contributed by atoms with van der Waals surface area (Å²) in [5, 5.41) is 2.62. The topological polar surface area (TPSA) is 3.24 Å². The van der Waals surface area contributed by atoms with Crippen LogP contribution in [0.1, 0.15) is 6.92 Å². The highest BCUT2D eigenvalue weighted by molar-refractivity contribution is 5.86. The highest BCUT2D eigenvalue weighted by Gasteiger charge is 2.22. The molecular formula is C16H17N. The van der Waals surface area contributed by atoms with E-state index in [9.17, 15) is 0 Å². The number of rotatable bonds is 1. The summed E-state index contributed by atoms with van der Waals surface area (Å²) >= 11 is 0. The zero-order chi connectivity index (χ0) is 11.8. The summed E-state index contributed by atoms with van der Waals surface area (Å²) in [5.74, 6) is 0.612. The first-order chi connectivity index (χ1) is 8.24. The summed E-state index contributed by atoms with van der Waals surface area (Å²) < 4.78 is 0. The van der Waals surface area contributed by atoms with Crippen molar-refractivity contribution in [3.8, 4) is 0 Å². The predicted octanol–water partition coefficient (Wildman–Crippen LogP) is 3.85. The Morgan fingerprint density at radius 3 is 2.59 bits per heavy atom. The van der Waals surface area contributed by atoms with Gasteiger partial charge in [-0.3, -0.25) is 0 Å². The van der Waals surface area contributed by atoms with Gasteiger partial charge in [-0.2, -0.15) is 0 Å². The first-order valence-corrected chi connectivity index (χ1v) is 6.15. The molecule has 17 heavy (non-hydrogen) atoms. The van der Waals surface area contributed by atoms with E-state index >= 15 is 0 Å². The molecule has 0 saturated carbocycles. The molecule has 0 N–H and O–H groups in total. The summed E-state index contributed by atoms with van der Waals surface area (Å²) in [7, 11) is 0. The van der Waals surface area contributed by atoms with Crippen LogP contribution >= 0.6 is 0 Å². The zero-order valence-corrected chi connectivity index (χ0v) is 10.2. The van der Waals surface area contributed by atoms with Crippen LogP contribution < -0.4 is 4.90 Å². The Morgan fingerprint density at radius 1 is 1.12 bits per heavy atom. The Kier molecular flexibility index (Phi) is 2.40. The van der Waals surface area contributed by atoms with Gasteiger partial charge in [0.15, 0.2) is 0 Å². The molecule has 1 atom stereocenters. The number of fused-ring (bicyclic) bond motifs is 1. The maximum absolute atomic E-state index is 4.13. The van der Waals surface area contributed by atoms with E-state index in [2.05, 4.69) is 60.9 Å².